The SMILES string of the molecule is CCCN(CC)CCNC(=O)C1(C)CCCC1N. The van der Waals surface area contributed by atoms with Crippen LogP contribution in [0.3, 0.4) is 0 Å². The molecule has 0 spiro atoms. The van der Waals surface area contributed by atoms with E-state index in [2.05, 4.69) is 24.1 Å². The fourth-order valence-electron chi connectivity index (χ4n) is 2.75. The van der Waals surface area contributed by atoms with Crippen molar-refractivity contribution in [3.63, 3.8) is 0 Å². The first-order valence-corrected chi connectivity index (χ1v) is 7.30. The summed E-state index contributed by atoms with van der Waals surface area (Å²) in [6.45, 7) is 10.1. The summed E-state index contributed by atoms with van der Waals surface area (Å²) in [4.78, 5) is 14.6. The van der Waals surface area contributed by atoms with Crippen LogP contribution >= 0.6 is 0 Å². The van der Waals surface area contributed by atoms with E-state index in [4.69, 9.17) is 5.73 Å². The number of amides is 1. The molecule has 0 heterocycles. The topological polar surface area (TPSA) is 58.4 Å². The van der Waals surface area contributed by atoms with Gasteiger partial charge in [-0.1, -0.05) is 20.3 Å². The Morgan fingerprint density at radius 2 is 2.17 bits per heavy atom. The van der Waals surface area contributed by atoms with Gasteiger partial charge in [-0.05, 0) is 39.3 Å². The van der Waals surface area contributed by atoms with Crippen molar-refractivity contribution in [1.29, 1.82) is 0 Å². The highest BCUT2D eigenvalue weighted by Gasteiger charge is 2.42. The van der Waals surface area contributed by atoms with E-state index in [0.29, 0.717) is 0 Å². The number of nitrogens with one attached hydrogen (secondary N) is 1. The number of hydrogen-bond donors (Lipinski definition) is 2. The summed E-state index contributed by atoms with van der Waals surface area (Å²) in [6, 6.07) is 0.0235. The first-order valence-electron chi connectivity index (χ1n) is 7.30. The predicted molar refractivity (Wildman–Crippen MR) is 75.3 cm³/mol. The van der Waals surface area contributed by atoms with Gasteiger partial charge in [0.25, 0.3) is 0 Å². The van der Waals surface area contributed by atoms with E-state index in [1.54, 1.807) is 0 Å². The summed E-state index contributed by atoms with van der Waals surface area (Å²) in [5, 5.41) is 3.06. The third-order valence-electron chi connectivity index (χ3n) is 4.25. The van der Waals surface area contributed by atoms with Crippen molar-refractivity contribution in [2.45, 2.75) is 52.5 Å². The van der Waals surface area contributed by atoms with E-state index in [0.717, 1.165) is 51.9 Å². The minimum Gasteiger partial charge on any atom is -0.354 e. The van der Waals surface area contributed by atoms with Gasteiger partial charge < -0.3 is 16.0 Å². The van der Waals surface area contributed by atoms with Crippen molar-refractivity contribution in [2.24, 2.45) is 11.1 Å². The normalized spacial score (nSPS) is 27.7. The second-order valence-electron chi connectivity index (χ2n) is 5.61. The van der Waals surface area contributed by atoms with Crippen LogP contribution in [0.1, 0.15) is 46.5 Å². The zero-order valence-corrected chi connectivity index (χ0v) is 12.2. The Balaban J connectivity index is 2.32. The third-order valence-corrected chi connectivity index (χ3v) is 4.25. The summed E-state index contributed by atoms with van der Waals surface area (Å²) in [6.07, 6.45) is 4.12. The van der Waals surface area contributed by atoms with E-state index < -0.39 is 0 Å². The molecule has 4 nitrogen and oxygen atoms in total. The lowest BCUT2D eigenvalue weighted by Crippen LogP contribution is -2.48. The lowest BCUT2D eigenvalue weighted by atomic mass is 9.84. The predicted octanol–water partition coefficient (Wildman–Crippen LogP) is 1.35. The number of hydrogen-bond acceptors (Lipinski definition) is 3. The molecule has 1 fully saturated rings. The van der Waals surface area contributed by atoms with Crippen LogP contribution in [0, 0.1) is 5.41 Å². The molecule has 0 radical (unpaired) electrons. The average molecular weight is 255 g/mol. The molecular formula is C14H29N3O. The quantitative estimate of drug-likeness (QED) is 0.722. The summed E-state index contributed by atoms with van der Waals surface area (Å²) < 4.78 is 0. The minimum absolute atomic E-state index is 0.0235. The molecule has 0 aliphatic heterocycles. The molecule has 2 unspecified atom stereocenters. The van der Waals surface area contributed by atoms with Crippen molar-refractivity contribution in [2.75, 3.05) is 26.2 Å². The van der Waals surface area contributed by atoms with Crippen LogP contribution in [-0.4, -0.2) is 43.0 Å². The lowest BCUT2D eigenvalue weighted by Gasteiger charge is -2.28. The Bertz CT molecular complexity index is 270. The summed E-state index contributed by atoms with van der Waals surface area (Å²) >= 11 is 0. The summed E-state index contributed by atoms with van der Waals surface area (Å²) in [5.41, 5.74) is 5.70. The number of nitrogens with zero attached hydrogens (tertiary/aromatic N) is 1. The monoisotopic (exact) mass is 255 g/mol. The van der Waals surface area contributed by atoms with Crippen LogP contribution < -0.4 is 11.1 Å². The van der Waals surface area contributed by atoms with Crippen molar-refractivity contribution in [3.05, 3.63) is 0 Å². The summed E-state index contributed by atoms with van der Waals surface area (Å²) in [5.74, 6) is 0.139. The highest BCUT2D eigenvalue weighted by molar-refractivity contribution is 5.83. The van der Waals surface area contributed by atoms with Crippen molar-refractivity contribution >= 4 is 5.91 Å². The Hall–Kier alpha value is -0.610. The number of nitrogens with two attached hydrogens (primary N) is 1. The molecule has 3 N–H and O–H groups in total. The van der Waals surface area contributed by atoms with E-state index in [-0.39, 0.29) is 17.4 Å². The largest absolute Gasteiger partial charge is 0.354 e. The zero-order chi connectivity index (χ0) is 13.6. The highest BCUT2D eigenvalue weighted by Crippen LogP contribution is 2.36. The van der Waals surface area contributed by atoms with Crippen LogP contribution in [-0.2, 0) is 4.79 Å². The Morgan fingerprint density at radius 1 is 1.44 bits per heavy atom. The molecule has 106 valence electrons. The molecule has 2 atom stereocenters. The van der Waals surface area contributed by atoms with Gasteiger partial charge in [0.1, 0.15) is 0 Å². The van der Waals surface area contributed by atoms with E-state index in [1.165, 1.54) is 0 Å². The van der Waals surface area contributed by atoms with Gasteiger partial charge in [-0.3, -0.25) is 4.79 Å². The van der Waals surface area contributed by atoms with E-state index in [9.17, 15) is 4.79 Å². The minimum atomic E-state index is -0.345. The van der Waals surface area contributed by atoms with Gasteiger partial charge in [-0.2, -0.15) is 0 Å². The maximum atomic E-state index is 12.2. The molecule has 4 heteroatoms. The van der Waals surface area contributed by atoms with E-state index in [1.807, 2.05) is 6.92 Å². The standard InChI is InChI=1S/C14H29N3O/c1-4-10-17(5-2)11-9-16-13(18)14(3)8-6-7-12(14)15/h12H,4-11,15H2,1-3H3,(H,16,18). The maximum absolute atomic E-state index is 12.2. The summed E-state index contributed by atoms with van der Waals surface area (Å²) in [7, 11) is 0. The fourth-order valence-corrected chi connectivity index (χ4v) is 2.75. The number of rotatable bonds is 7. The second kappa shape index (κ2) is 7.10. The molecule has 0 saturated heterocycles. The lowest BCUT2D eigenvalue weighted by molar-refractivity contribution is -0.130. The Morgan fingerprint density at radius 3 is 2.67 bits per heavy atom. The molecular weight excluding hydrogens is 226 g/mol. The first-order chi connectivity index (χ1) is 8.54. The van der Waals surface area contributed by atoms with Gasteiger partial charge >= 0.3 is 0 Å². The molecule has 1 aliphatic carbocycles. The van der Waals surface area contributed by atoms with Gasteiger partial charge in [0.15, 0.2) is 0 Å². The van der Waals surface area contributed by atoms with Crippen LogP contribution in [0.5, 0.6) is 0 Å². The molecule has 1 aliphatic rings. The van der Waals surface area contributed by atoms with Crippen LogP contribution in [0.2, 0.25) is 0 Å². The van der Waals surface area contributed by atoms with Crippen LogP contribution in [0.15, 0.2) is 0 Å². The number of carbonyl (C=O) groups is 1. The molecule has 0 aromatic carbocycles. The number of carbonyl (C=O) groups excluding carboxylic acids is 1. The first kappa shape index (κ1) is 15.4. The molecule has 0 bridgehead atoms. The maximum Gasteiger partial charge on any atom is 0.227 e. The van der Waals surface area contributed by atoms with Crippen molar-refractivity contribution in [3.8, 4) is 0 Å². The van der Waals surface area contributed by atoms with Crippen LogP contribution in [0.4, 0.5) is 0 Å². The van der Waals surface area contributed by atoms with Gasteiger partial charge in [0.2, 0.25) is 5.91 Å². The van der Waals surface area contributed by atoms with Crippen molar-refractivity contribution in [1.82, 2.24) is 10.2 Å². The van der Waals surface area contributed by atoms with Gasteiger partial charge in [0, 0.05) is 19.1 Å². The second-order valence-corrected chi connectivity index (χ2v) is 5.61. The van der Waals surface area contributed by atoms with Crippen molar-refractivity contribution < 1.29 is 4.79 Å². The van der Waals surface area contributed by atoms with E-state index >= 15 is 0 Å². The van der Waals surface area contributed by atoms with Gasteiger partial charge in [-0.15, -0.1) is 0 Å². The molecule has 18 heavy (non-hydrogen) atoms. The molecule has 1 amide bonds. The smallest absolute Gasteiger partial charge is 0.227 e. The highest BCUT2D eigenvalue weighted by atomic mass is 16.2. The molecule has 0 aromatic rings. The average Bonchev–Trinajstić information content (AvgIpc) is 2.69. The third kappa shape index (κ3) is 3.69. The molecule has 0 aromatic heterocycles. The Labute approximate surface area is 111 Å². The Kier molecular flexibility index (Phi) is 6.09. The van der Waals surface area contributed by atoms with Gasteiger partial charge in [-0.25, -0.2) is 0 Å². The van der Waals surface area contributed by atoms with Gasteiger partial charge in [0.05, 0.1) is 5.41 Å². The van der Waals surface area contributed by atoms with Crippen LogP contribution in [0.25, 0.3) is 0 Å². The zero-order valence-electron chi connectivity index (χ0n) is 12.2. The fraction of sp³-hybridized carbons (Fsp3) is 0.929. The molecule has 1 rings (SSSR count). The molecule has 1 saturated carbocycles. The number of likely N-dealkylation sites (N-methyl/N-ethyl adjacent to an activating group) is 1.